The van der Waals surface area contributed by atoms with Gasteiger partial charge in [0.15, 0.2) is 0 Å². The van der Waals surface area contributed by atoms with Gasteiger partial charge in [-0.1, -0.05) is 17.3 Å². The van der Waals surface area contributed by atoms with Crippen LogP contribution in [0.1, 0.15) is 23.8 Å². The van der Waals surface area contributed by atoms with Crippen LogP contribution in [0.25, 0.3) is 11.4 Å². The van der Waals surface area contributed by atoms with Crippen LogP contribution in [0.2, 0.25) is 0 Å². The second-order valence-electron chi connectivity index (χ2n) is 6.64. The minimum absolute atomic E-state index is 0.0569. The Labute approximate surface area is 163 Å². The van der Waals surface area contributed by atoms with Gasteiger partial charge in [-0.25, -0.2) is 0 Å². The van der Waals surface area contributed by atoms with E-state index in [4.69, 9.17) is 9.26 Å². The molecule has 0 radical (unpaired) electrons. The lowest BCUT2D eigenvalue weighted by Crippen LogP contribution is -2.24. The molecule has 1 unspecified atom stereocenters. The molecule has 3 aromatic rings. The Morgan fingerprint density at radius 1 is 1.17 bits per heavy atom. The summed E-state index contributed by atoms with van der Waals surface area (Å²) in [5, 5.41) is 3.80. The minimum atomic E-state index is -4.46. The summed E-state index contributed by atoms with van der Waals surface area (Å²) in [6.45, 7) is 0.343. The van der Waals surface area contributed by atoms with E-state index in [2.05, 4.69) is 10.1 Å². The van der Waals surface area contributed by atoms with Crippen molar-refractivity contribution in [2.24, 2.45) is 0 Å². The van der Waals surface area contributed by atoms with Gasteiger partial charge >= 0.3 is 6.18 Å². The van der Waals surface area contributed by atoms with Gasteiger partial charge in [0.05, 0.1) is 18.6 Å². The predicted octanol–water partition coefficient (Wildman–Crippen LogP) is 4.28. The van der Waals surface area contributed by atoms with Crippen molar-refractivity contribution in [2.75, 3.05) is 18.6 Å². The number of hydrogen-bond donors (Lipinski definition) is 0. The Bertz CT molecular complexity index is 1030. The molecule has 1 amide bonds. The van der Waals surface area contributed by atoms with Crippen molar-refractivity contribution in [3.05, 3.63) is 60.0 Å². The number of halogens is 3. The van der Waals surface area contributed by atoms with Crippen molar-refractivity contribution < 1.29 is 27.2 Å². The first-order valence-corrected chi connectivity index (χ1v) is 8.81. The van der Waals surface area contributed by atoms with Crippen LogP contribution in [0.3, 0.4) is 0 Å². The van der Waals surface area contributed by atoms with Gasteiger partial charge in [-0.15, -0.1) is 0 Å². The highest BCUT2D eigenvalue weighted by Gasteiger charge is 2.35. The molecule has 29 heavy (non-hydrogen) atoms. The Kier molecular flexibility index (Phi) is 4.73. The fourth-order valence-corrected chi connectivity index (χ4v) is 3.24. The number of carbonyl (C=O) groups is 1. The first kappa shape index (κ1) is 19.0. The van der Waals surface area contributed by atoms with Gasteiger partial charge in [-0.2, -0.15) is 18.2 Å². The fourth-order valence-electron chi connectivity index (χ4n) is 3.24. The van der Waals surface area contributed by atoms with E-state index in [1.165, 1.54) is 12.1 Å². The monoisotopic (exact) mass is 403 g/mol. The van der Waals surface area contributed by atoms with Gasteiger partial charge < -0.3 is 14.2 Å². The third kappa shape index (κ3) is 3.80. The van der Waals surface area contributed by atoms with Gasteiger partial charge in [-0.05, 0) is 36.4 Å². The van der Waals surface area contributed by atoms with E-state index < -0.39 is 11.7 Å². The summed E-state index contributed by atoms with van der Waals surface area (Å²) in [6, 6.07) is 11.8. The predicted molar refractivity (Wildman–Crippen MR) is 97.4 cm³/mol. The van der Waals surface area contributed by atoms with Crippen LogP contribution in [0.5, 0.6) is 5.75 Å². The summed E-state index contributed by atoms with van der Waals surface area (Å²) >= 11 is 0. The van der Waals surface area contributed by atoms with Crippen molar-refractivity contribution >= 4 is 11.6 Å². The maximum absolute atomic E-state index is 12.9. The molecule has 1 saturated heterocycles. The molecule has 150 valence electrons. The van der Waals surface area contributed by atoms with E-state index in [9.17, 15) is 18.0 Å². The molecule has 1 aliphatic rings. The van der Waals surface area contributed by atoms with Crippen LogP contribution in [0, 0.1) is 0 Å². The zero-order valence-electron chi connectivity index (χ0n) is 15.3. The Hall–Kier alpha value is -3.36. The normalized spacial score (nSPS) is 17.0. The molecular weight excluding hydrogens is 387 g/mol. The molecule has 0 aliphatic carbocycles. The van der Waals surface area contributed by atoms with Crippen molar-refractivity contribution in [2.45, 2.75) is 18.5 Å². The van der Waals surface area contributed by atoms with E-state index in [1.54, 1.807) is 36.3 Å². The standard InChI is InChI=1S/C20H16F3N3O3/c1-28-16-7-5-15(6-8-16)26-11-13(10-17(26)27)19-24-18(25-29-19)12-3-2-4-14(9-12)20(21,22)23/h2-9,13H,10-11H2,1H3. The molecule has 9 heteroatoms. The first-order valence-electron chi connectivity index (χ1n) is 8.81. The van der Waals surface area contributed by atoms with Gasteiger partial charge in [0, 0.05) is 24.2 Å². The molecule has 4 rings (SSSR count). The lowest BCUT2D eigenvalue weighted by Gasteiger charge is -2.16. The van der Waals surface area contributed by atoms with Gasteiger partial charge in [0.1, 0.15) is 5.75 Å². The highest BCUT2D eigenvalue weighted by Crippen LogP contribution is 2.34. The van der Waals surface area contributed by atoms with Crippen LogP contribution in [0.4, 0.5) is 18.9 Å². The van der Waals surface area contributed by atoms with Crippen LogP contribution in [-0.4, -0.2) is 29.7 Å². The number of rotatable bonds is 4. The molecule has 2 heterocycles. The zero-order valence-corrected chi connectivity index (χ0v) is 15.3. The lowest BCUT2D eigenvalue weighted by molar-refractivity contribution is -0.137. The van der Waals surface area contributed by atoms with Crippen molar-refractivity contribution in [3.63, 3.8) is 0 Å². The van der Waals surface area contributed by atoms with Crippen molar-refractivity contribution in [3.8, 4) is 17.1 Å². The third-order valence-corrected chi connectivity index (χ3v) is 4.75. The van der Waals surface area contributed by atoms with Crippen LogP contribution in [-0.2, 0) is 11.0 Å². The third-order valence-electron chi connectivity index (χ3n) is 4.75. The highest BCUT2D eigenvalue weighted by atomic mass is 19.4. The van der Waals surface area contributed by atoms with E-state index in [-0.39, 0.29) is 35.5 Å². The first-order chi connectivity index (χ1) is 13.8. The van der Waals surface area contributed by atoms with Crippen molar-refractivity contribution in [1.29, 1.82) is 0 Å². The molecule has 0 bridgehead atoms. The average Bonchev–Trinajstić information content (AvgIpc) is 3.34. The molecule has 0 spiro atoms. The van der Waals surface area contributed by atoms with Crippen LogP contribution >= 0.6 is 0 Å². The van der Waals surface area contributed by atoms with Gasteiger partial charge in [0.2, 0.25) is 17.6 Å². The van der Waals surface area contributed by atoms with E-state index in [0.29, 0.717) is 12.3 Å². The average molecular weight is 403 g/mol. The number of nitrogens with zero attached hydrogens (tertiary/aromatic N) is 3. The molecule has 2 aromatic carbocycles. The Morgan fingerprint density at radius 2 is 1.93 bits per heavy atom. The summed E-state index contributed by atoms with van der Waals surface area (Å²) in [5.41, 5.74) is 0.130. The molecule has 1 atom stereocenters. The fraction of sp³-hybridized carbons (Fsp3) is 0.250. The van der Waals surface area contributed by atoms with E-state index in [1.807, 2.05) is 0 Å². The molecule has 1 aliphatic heterocycles. The number of amides is 1. The van der Waals surface area contributed by atoms with Crippen molar-refractivity contribution in [1.82, 2.24) is 10.1 Å². The highest BCUT2D eigenvalue weighted by molar-refractivity contribution is 5.96. The van der Waals surface area contributed by atoms with E-state index in [0.717, 1.165) is 17.8 Å². The van der Waals surface area contributed by atoms with E-state index >= 15 is 0 Å². The summed E-state index contributed by atoms with van der Waals surface area (Å²) in [7, 11) is 1.56. The zero-order chi connectivity index (χ0) is 20.6. The van der Waals surface area contributed by atoms with Crippen LogP contribution < -0.4 is 9.64 Å². The molecule has 0 saturated carbocycles. The smallest absolute Gasteiger partial charge is 0.416 e. The molecule has 6 nitrogen and oxygen atoms in total. The largest absolute Gasteiger partial charge is 0.497 e. The molecule has 1 fully saturated rings. The van der Waals surface area contributed by atoms with Gasteiger partial charge in [-0.3, -0.25) is 4.79 Å². The lowest BCUT2D eigenvalue weighted by atomic mass is 10.1. The Morgan fingerprint density at radius 3 is 2.62 bits per heavy atom. The SMILES string of the molecule is COc1ccc(N2CC(c3nc(-c4cccc(C(F)(F)F)c4)no3)CC2=O)cc1. The second kappa shape index (κ2) is 7.23. The number of methoxy groups -OCH3 is 1. The molecular formula is C20H16F3N3O3. The number of anilines is 1. The number of ether oxygens (including phenoxy) is 1. The van der Waals surface area contributed by atoms with Crippen LogP contribution in [0.15, 0.2) is 53.1 Å². The summed E-state index contributed by atoms with van der Waals surface area (Å²) in [5.74, 6) is 0.526. The second-order valence-corrected chi connectivity index (χ2v) is 6.64. The molecule has 0 N–H and O–H groups in total. The number of hydrogen-bond acceptors (Lipinski definition) is 5. The molecule has 1 aromatic heterocycles. The minimum Gasteiger partial charge on any atom is -0.497 e. The number of benzene rings is 2. The maximum atomic E-state index is 12.9. The summed E-state index contributed by atoms with van der Waals surface area (Å²) < 4.78 is 49.1. The maximum Gasteiger partial charge on any atom is 0.416 e. The Balaban J connectivity index is 1.53. The number of aromatic nitrogens is 2. The number of carbonyl (C=O) groups excluding carboxylic acids is 1. The van der Waals surface area contributed by atoms with Gasteiger partial charge in [0.25, 0.3) is 0 Å². The number of alkyl halides is 3. The summed E-state index contributed by atoms with van der Waals surface area (Å²) in [4.78, 5) is 18.3. The summed E-state index contributed by atoms with van der Waals surface area (Å²) in [6.07, 6.45) is -4.28. The topological polar surface area (TPSA) is 68.5 Å². The quantitative estimate of drug-likeness (QED) is 0.650.